The molecule has 1 nitrogen and oxygen atoms in total. The quantitative estimate of drug-likeness (QED) is 0.731. The molecule has 1 saturated carbocycles. The second-order valence-electron chi connectivity index (χ2n) is 6.06. The van der Waals surface area contributed by atoms with Gasteiger partial charge in [-0.25, -0.2) is 0 Å². The molecule has 1 atom stereocenters. The summed E-state index contributed by atoms with van der Waals surface area (Å²) in [6.45, 7) is 2.08. The molecule has 0 saturated heterocycles. The molecule has 0 spiro atoms. The third-order valence-electron chi connectivity index (χ3n) is 4.46. The first-order valence-corrected chi connectivity index (χ1v) is 8.28. The van der Waals surface area contributed by atoms with Crippen LogP contribution in [-0.2, 0) is 5.60 Å². The number of hydrogen-bond acceptors (Lipinski definition) is 2. The van der Waals surface area contributed by atoms with Crippen LogP contribution in [0.3, 0.4) is 0 Å². The summed E-state index contributed by atoms with van der Waals surface area (Å²) in [5.74, 6) is 0.355. The lowest BCUT2D eigenvalue weighted by Gasteiger charge is -2.28. The smallest absolute Gasteiger partial charge is 0.127 e. The molecule has 1 unspecified atom stereocenters. The number of aliphatic hydroxyl groups is 1. The Morgan fingerprint density at radius 2 is 1.76 bits per heavy atom. The van der Waals surface area contributed by atoms with E-state index in [0.29, 0.717) is 5.92 Å². The highest BCUT2D eigenvalue weighted by atomic mass is 32.1. The minimum Gasteiger partial charge on any atom is -0.379 e. The van der Waals surface area contributed by atoms with Crippen LogP contribution in [0.2, 0.25) is 0 Å². The molecule has 0 amide bonds. The molecule has 1 N–H and O–H groups in total. The third kappa shape index (κ3) is 2.10. The molecule has 106 valence electrons. The highest BCUT2D eigenvalue weighted by molar-refractivity contribution is 7.19. The summed E-state index contributed by atoms with van der Waals surface area (Å²) in [5, 5.41) is 12.7. The predicted molar refractivity (Wildman–Crippen MR) is 88.7 cm³/mol. The first-order chi connectivity index (χ1) is 10.2. The molecule has 1 aliphatic carbocycles. The van der Waals surface area contributed by atoms with Gasteiger partial charge in [0.1, 0.15) is 5.60 Å². The summed E-state index contributed by atoms with van der Waals surface area (Å²) in [4.78, 5) is 1.08. The van der Waals surface area contributed by atoms with E-state index in [-0.39, 0.29) is 0 Å². The van der Waals surface area contributed by atoms with Gasteiger partial charge in [0, 0.05) is 9.58 Å². The van der Waals surface area contributed by atoms with Crippen LogP contribution in [0.25, 0.3) is 10.1 Å². The van der Waals surface area contributed by atoms with Gasteiger partial charge in [-0.15, -0.1) is 11.3 Å². The van der Waals surface area contributed by atoms with E-state index in [2.05, 4.69) is 61.5 Å². The van der Waals surface area contributed by atoms with E-state index in [1.54, 1.807) is 11.3 Å². The van der Waals surface area contributed by atoms with Crippen LogP contribution in [0.4, 0.5) is 0 Å². The van der Waals surface area contributed by atoms with Crippen molar-refractivity contribution in [2.45, 2.75) is 25.4 Å². The Kier molecular flexibility index (Phi) is 2.91. The summed E-state index contributed by atoms with van der Waals surface area (Å²) < 4.78 is 1.25. The Balaban J connectivity index is 1.88. The van der Waals surface area contributed by atoms with E-state index in [4.69, 9.17) is 0 Å². The average molecular weight is 294 g/mol. The predicted octanol–water partition coefficient (Wildman–Crippen LogP) is 4.86. The largest absolute Gasteiger partial charge is 0.379 e. The van der Waals surface area contributed by atoms with Crippen LogP contribution >= 0.6 is 11.3 Å². The Bertz CT molecular complexity index is 750. The molecule has 3 aromatic rings. The summed E-state index contributed by atoms with van der Waals surface area (Å²) in [5.41, 5.74) is 1.44. The van der Waals surface area contributed by atoms with Crippen molar-refractivity contribution in [3.63, 3.8) is 0 Å². The molecule has 0 bridgehead atoms. The summed E-state index contributed by atoms with van der Waals surface area (Å²) in [6.07, 6.45) is 2.22. The van der Waals surface area contributed by atoms with Gasteiger partial charge in [0.25, 0.3) is 0 Å². The van der Waals surface area contributed by atoms with Crippen LogP contribution in [0, 0.1) is 12.8 Å². The van der Waals surface area contributed by atoms with Crippen molar-refractivity contribution >= 4 is 21.4 Å². The first-order valence-electron chi connectivity index (χ1n) is 7.46. The molecular weight excluding hydrogens is 276 g/mol. The molecule has 0 radical (unpaired) electrons. The SMILES string of the molecule is Cc1ccc(C(O)(c2cc3ccccc3s2)C2CC2)cc1. The maximum atomic E-state index is 11.5. The van der Waals surface area contributed by atoms with Crippen LogP contribution in [0.15, 0.2) is 54.6 Å². The maximum Gasteiger partial charge on any atom is 0.127 e. The number of thiophene rings is 1. The first kappa shape index (κ1) is 13.1. The van der Waals surface area contributed by atoms with E-state index in [0.717, 1.165) is 23.3 Å². The monoisotopic (exact) mass is 294 g/mol. The van der Waals surface area contributed by atoms with Crippen molar-refractivity contribution in [2.24, 2.45) is 5.92 Å². The second-order valence-corrected chi connectivity index (χ2v) is 7.14. The van der Waals surface area contributed by atoms with Crippen molar-refractivity contribution in [1.82, 2.24) is 0 Å². The van der Waals surface area contributed by atoms with Crippen molar-refractivity contribution in [2.75, 3.05) is 0 Å². The van der Waals surface area contributed by atoms with Crippen LogP contribution in [0.5, 0.6) is 0 Å². The minimum absolute atomic E-state index is 0.355. The second kappa shape index (κ2) is 4.69. The number of benzene rings is 2. The molecule has 4 rings (SSSR count). The fourth-order valence-electron chi connectivity index (χ4n) is 3.06. The van der Waals surface area contributed by atoms with Crippen LogP contribution in [0.1, 0.15) is 28.8 Å². The zero-order chi connectivity index (χ0) is 14.4. The average Bonchev–Trinajstić information content (AvgIpc) is 3.26. The molecular formula is C19H18OS. The molecule has 21 heavy (non-hydrogen) atoms. The zero-order valence-electron chi connectivity index (χ0n) is 12.0. The van der Waals surface area contributed by atoms with Gasteiger partial charge in [0.05, 0.1) is 0 Å². The summed E-state index contributed by atoms with van der Waals surface area (Å²) in [6, 6.07) is 18.9. The van der Waals surface area contributed by atoms with Crippen molar-refractivity contribution < 1.29 is 5.11 Å². The highest BCUT2D eigenvalue weighted by Gasteiger charge is 2.47. The van der Waals surface area contributed by atoms with E-state index < -0.39 is 5.60 Å². The third-order valence-corrected chi connectivity index (χ3v) is 5.70. The fraction of sp³-hybridized carbons (Fsp3) is 0.263. The lowest BCUT2D eigenvalue weighted by molar-refractivity contribution is 0.0603. The fourth-order valence-corrected chi connectivity index (χ4v) is 4.31. The Morgan fingerprint density at radius 1 is 1.05 bits per heavy atom. The molecule has 1 fully saturated rings. The number of aryl methyl sites for hydroxylation is 1. The van der Waals surface area contributed by atoms with E-state index in [1.807, 2.05) is 0 Å². The normalized spacial score (nSPS) is 17.8. The van der Waals surface area contributed by atoms with Gasteiger partial charge >= 0.3 is 0 Å². The Hall–Kier alpha value is -1.64. The number of rotatable bonds is 3. The lowest BCUT2D eigenvalue weighted by atomic mass is 9.86. The number of hydrogen-bond donors (Lipinski definition) is 1. The van der Waals surface area contributed by atoms with Crippen LogP contribution < -0.4 is 0 Å². The Labute approximate surface area is 128 Å². The van der Waals surface area contributed by atoms with Gasteiger partial charge in [-0.2, -0.15) is 0 Å². The van der Waals surface area contributed by atoms with Gasteiger partial charge < -0.3 is 5.11 Å². The standard InChI is InChI=1S/C19H18OS/c1-13-6-8-15(9-7-13)19(20,16-10-11-16)18-12-14-4-2-3-5-17(14)21-18/h2-9,12,16,20H,10-11H2,1H3. The molecule has 1 aliphatic rings. The van der Waals surface area contributed by atoms with Crippen LogP contribution in [-0.4, -0.2) is 5.11 Å². The summed E-state index contributed by atoms with van der Waals surface area (Å²) >= 11 is 1.72. The van der Waals surface area contributed by atoms with Gasteiger partial charge in [-0.1, -0.05) is 48.0 Å². The molecule has 1 aromatic heterocycles. The molecule has 1 heterocycles. The van der Waals surface area contributed by atoms with Crippen molar-refractivity contribution in [3.05, 3.63) is 70.6 Å². The Morgan fingerprint density at radius 3 is 2.43 bits per heavy atom. The lowest BCUT2D eigenvalue weighted by Crippen LogP contribution is -2.28. The van der Waals surface area contributed by atoms with E-state index in [9.17, 15) is 5.11 Å². The van der Waals surface area contributed by atoms with Gasteiger partial charge in [0.2, 0.25) is 0 Å². The number of fused-ring (bicyclic) bond motifs is 1. The van der Waals surface area contributed by atoms with Crippen molar-refractivity contribution in [3.8, 4) is 0 Å². The van der Waals surface area contributed by atoms with Crippen molar-refractivity contribution in [1.29, 1.82) is 0 Å². The molecule has 2 aromatic carbocycles. The summed E-state index contributed by atoms with van der Waals surface area (Å²) in [7, 11) is 0. The maximum absolute atomic E-state index is 11.5. The topological polar surface area (TPSA) is 20.2 Å². The van der Waals surface area contributed by atoms with Gasteiger partial charge in [-0.05, 0) is 48.8 Å². The van der Waals surface area contributed by atoms with E-state index in [1.165, 1.54) is 15.6 Å². The highest BCUT2D eigenvalue weighted by Crippen LogP contribution is 2.52. The minimum atomic E-state index is -0.822. The van der Waals surface area contributed by atoms with E-state index >= 15 is 0 Å². The van der Waals surface area contributed by atoms with Gasteiger partial charge in [-0.3, -0.25) is 0 Å². The van der Waals surface area contributed by atoms with Gasteiger partial charge in [0.15, 0.2) is 0 Å². The zero-order valence-corrected chi connectivity index (χ0v) is 12.9. The molecule has 2 heteroatoms. The molecule has 0 aliphatic heterocycles.